The molecule has 1 aliphatic rings. The van der Waals surface area contributed by atoms with Crippen molar-refractivity contribution in [2.75, 3.05) is 6.26 Å². The molecule has 1 saturated carbocycles. The third-order valence-electron chi connectivity index (χ3n) is 3.59. The number of rotatable bonds is 5. The van der Waals surface area contributed by atoms with Crippen molar-refractivity contribution in [3.63, 3.8) is 0 Å². The van der Waals surface area contributed by atoms with Gasteiger partial charge in [0.05, 0.1) is 11.5 Å². The summed E-state index contributed by atoms with van der Waals surface area (Å²) in [5.41, 5.74) is 0.591. The Balaban J connectivity index is 2.10. The molecule has 0 bridgehead atoms. The van der Waals surface area contributed by atoms with Gasteiger partial charge in [-0.25, -0.2) is 13.1 Å². The van der Waals surface area contributed by atoms with Crippen LogP contribution in [0.1, 0.15) is 25.0 Å². The van der Waals surface area contributed by atoms with Gasteiger partial charge in [-0.05, 0) is 31.6 Å². The number of hydrogen-bond donors (Lipinski definition) is 2. The van der Waals surface area contributed by atoms with Crippen LogP contribution in [0.15, 0.2) is 17.2 Å². The van der Waals surface area contributed by atoms with Crippen LogP contribution in [0, 0.1) is 0 Å². The lowest BCUT2D eigenvalue weighted by molar-refractivity contribution is 0.272. The minimum absolute atomic E-state index is 0.0280. The summed E-state index contributed by atoms with van der Waals surface area (Å²) in [6.07, 6.45) is 6.44. The zero-order valence-electron chi connectivity index (χ0n) is 11.2. The summed E-state index contributed by atoms with van der Waals surface area (Å²) >= 11 is 1.80. The highest BCUT2D eigenvalue weighted by molar-refractivity contribution is 7.99. The molecule has 0 saturated heterocycles. The summed E-state index contributed by atoms with van der Waals surface area (Å²) < 4.78 is 28.9. The average molecular weight is 304 g/mol. The van der Waals surface area contributed by atoms with Gasteiger partial charge in [-0.1, -0.05) is 0 Å². The Morgan fingerprint density at radius 1 is 1.53 bits per heavy atom. The molecule has 108 valence electrons. The topological polar surface area (TPSA) is 71.3 Å². The maximum atomic E-state index is 12.3. The van der Waals surface area contributed by atoms with Crippen LogP contribution >= 0.6 is 11.8 Å². The van der Waals surface area contributed by atoms with E-state index in [0.717, 1.165) is 19.3 Å². The SMILES string of the molecule is CSC1CCC(NS(=O)(=O)c2cc(CO)n(C)c2)C1. The van der Waals surface area contributed by atoms with Gasteiger partial charge in [0, 0.05) is 30.2 Å². The summed E-state index contributed by atoms with van der Waals surface area (Å²) in [6.45, 7) is -0.163. The molecule has 0 spiro atoms. The van der Waals surface area contributed by atoms with Crippen LogP contribution in [0.4, 0.5) is 0 Å². The highest BCUT2D eigenvalue weighted by Gasteiger charge is 2.28. The Hall–Kier alpha value is -0.500. The van der Waals surface area contributed by atoms with E-state index in [4.69, 9.17) is 5.11 Å². The predicted molar refractivity (Wildman–Crippen MR) is 76.6 cm³/mol. The van der Waals surface area contributed by atoms with Crippen LogP contribution < -0.4 is 4.72 Å². The molecule has 2 atom stereocenters. The van der Waals surface area contributed by atoms with Crippen molar-refractivity contribution >= 4 is 21.8 Å². The molecule has 0 aliphatic heterocycles. The van der Waals surface area contributed by atoms with Gasteiger partial charge in [0.1, 0.15) is 0 Å². The zero-order chi connectivity index (χ0) is 14.0. The second kappa shape index (κ2) is 5.87. The number of aromatic nitrogens is 1. The maximum absolute atomic E-state index is 12.3. The van der Waals surface area contributed by atoms with E-state index in [0.29, 0.717) is 10.9 Å². The molecule has 0 aromatic carbocycles. The number of sulfonamides is 1. The zero-order valence-corrected chi connectivity index (χ0v) is 12.8. The third-order valence-corrected chi connectivity index (χ3v) is 6.18. The highest BCUT2D eigenvalue weighted by Crippen LogP contribution is 2.29. The molecule has 1 aliphatic carbocycles. The predicted octanol–water partition coefficient (Wildman–Crippen LogP) is 1.08. The van der Waals surface area contributed by atoms with Gasteiger partial charge >= 0.3 is 0 Å². The normalized spacial score (nSPS) is 23.9. The Labute approximate surface area is 118 Å². The van der Waals surface area contributed by atoms with Gasteiger partial charge in [0.15, 0.2) is 0 Å². The molecule has 0 radical (unpaired) electrons. The van der Waals surface area contributed by atoms with E-state index in [1.165, 1.54) is 12.3 Å². The first-order valence-electron chi connectivity index (χ1n) is 6.27. The Kier molecular flexibility index (Phi) is 4.60. The minimum Gasteiger partial charge on any atom is -0.390 e. The number of nitrogens with zero attached hydrogens (tertiary/aromatic N) is 1. The monoisotopic (exact) mass is 304 g/mol. The van der Waals surface area contributed by atoms with Gasteiger partial charge in [-0.15, -0.1) is 0 Å². The Bertz CT molecular complexity index is 539. The number of hydrogen-bond acceptors (Lipinski definition) is 4. The van der Waals surface area contributed by atoms with E-state index in [9.17, 15) is 8.42 Å². The second-order valence-electron chi connectivity index (χ2n) is 4.93. The van der Waals surface area contributed by atoms with Crippen LogP contribution in [0.2, 0.25) is 0 Å². The van der Waals surface area contributed by atoms with Gasteiger partial charge in [-0.2, -0.15) is 11.8 Å². The maximum Gasteiger partial charge on any atom is 0.242 e. The van der Waals surface area contributed by atoms with Gasteiger partial charge in [-0.3, -0.25) is 0 Å². The van der Waals surface area contributed by atoms with Crippen LogP contribution in [0.25, 0.3) is 0 Å². The van der Waals surface area contributed by atoms with Crippen molar-refractivity contribution in [3.8, 4) is 0 Å². The van der Waals surface area contributed by atoms with Crippen molar-refractivity contribution < 1.29 is 13.5 Å². The molecule has 5 nitrogen and oxygen atoms in total. The van der Waals surface area contributed by atoms with Crippen LogP contribution in [0.3, 0.4) is 0 Å². The molecular weight excluding hydrogens is 284 g/mol. The quantitative estimate of drug-likeness (QED) is 0.854. The lowest BCUT2D eigenvalue weighted by atomic mass is 10.3. The van der Waals surface area contributed by atoms with Crippen molar-refractivity contribution in [1.29, 1.82) is 0 Å². The number of aliphatic hydroxyl groups is 1. The second-order valence-corrected chi connectivity index (χ2v) is 7.78. The fraction of sp³-hybridized carbons (Fsp3) is 0.667. The Morgan fingerprint density at radius 2 is 2.26 bits per heavy atom. The largest absolute Gasteiger partial charge is 0.390 e. The van der Waals surface area contributed by atoms with E-state index in [1.807, 2.05) is 0 Å². The average Bonchev–Trinajstić information content (AvgIpc) is 2.95. The standard InChI is InChI=1S/C12H20N2O3S2/c1-14-7-12(6-10(14)8-15)19(16,17)13-9-3-4-11(5-9)18-2/h6-7,9,11,13,15H,3-5,8H2,1-2H3. The molecule has 0 amide bonds. The van der Waals surface area contributed by atoms with E-state index in [1.54, 1.807) is 23.4 Å². The summed E-state index contributed by atoms with van der Waals surface area (Å²) in [4.78, 5) is 0.228. The lowest BCUT2D eigenvalue weighted by Gasteiger charge is -2.12. The summed E-state index contributed by atoms with van der Waals surface area (Å²) in [5.74, 6) is 0. The fourth-order valence-corrected chi connectivity index (χ4v) is 4.60. The van der Waals surface area contributed by atoms with Crippen LogP contribution in [-0.2, 0) is 23.7 Å². The van der Waals surface area contributed by atoms with E-state index in [2.05, 4.69) is 11.0 Å². The van der Waals surface area contributed by atoms with Crippen molar-refractivity contribution in [3.05, 3.63) is 18.0 Å². The van der Waals surface area contributed by atoms with Crippen LogP contribution in [0.5, 0.6) is 0 Å². The molecule has 19 heavy (non-hydrogen) atoms. The first-order valence-corrected chi connectivity index (χ1v) is 9.04. The smallest absolute Gasteiger partial charge is 0.242 e. The lowest BCUT2D eigenvalue weighted by Crippen LogP contribution is -2.33. The number of aliphatic hydroxyl groups excluding tert-OH is 1. The van der Waals surface area contributed by atoms with Crippen molar-refractivity contribution in [2.45, 2.75) is 42.1 Å². The fourth-order valence-electron chi connectivity index (χ4n) is 2.43. The third kappa shape index (κ3) is 3.34. The minimum atomic E-state index is -3.48. The molecule has 7 heteroatoms. The van der Waals surface area contributed by atoms with Gasteiger partial charge in [0.25, 0.3) is 0 Å². The van der Waals surface area contributed by atoms with Gasteiger partial charge < -0.3 is 9.67 Å². The van der Waals surface area contributed by atoms with Gasteiger partial charge in [0.2, 0.25) is 10.0 Å². The number of nitrogens with one attached hydrogen (secondary N) is 1. The first-order chi connectivity index (χ1) is 8.96. The summed E-state index contributed by atoms with van der Waals surface area (Å²) in [6, 6.07) is 1.55. The Morgan fingerprint density at radius 3 is 2.79 bits per heavy atom. The van der Waals surface area contributed by atoms with E-state index < -0.39 is 10.0 Å². The van der Waals surface area contributed by atoms with E-state index >= 15 is 0 Å². The molecule has 1 aromatic rings. The summed E-state index contributed by atoms with van der Waals surface area (Å²) in [5, 5.41) is 9.66. The van der Waals surface area contributed by atoms with E-state index in [-0.39, 0.29) is 17.5 Å². The highest BCUT2D eigenvalue weighted by atomic mass is 32.2. The van der Waals surface area contributed by atoms with Crippen molar-refractivity contribution in [1.82, 2.24) is 9.29 Å². The van der Waals surface area contributed by atoms with Crippen LogP contribution in [-0.4, -0.2) is 35.6 Å². The molecule has 2 unspecified atom stereocenters. The molecule has 1 heterocycles. The summed E-state index contributed by atoms with van der Waals surface area (Å²) in [7, 11) is -1.75. The molecule has 2 N–H and O–H groups in total. The number of thioether (sulfide) groups is 1. The molecular formula is C12H20N2O3S2. The molecule has 1 fully saturated rings. The number of aryl methyl sites for hydroxylation is 1. The first kappa shape index (κ1) is 14.9. The molecule has 2 rings (SSSR count). The molecule has 1 aromatic heterocycles. The van der Waals surface area contributed by atoms with Crippen molar-refractivity contribution in [2.24, 2.45) is 7.05 Å².